The summed E-state index contributed by atoms with van der Waals surface area (Å²) in [7, 11) is 0. The molecule has 0 bridgehead atoms. The van der Waals surface area contributed by atoms with E-state index in [0.717, 1.165) is 61.7 Å². The minimum Gasteiger partial charge on any atom is -0.462 e. The van der Waals surface area contributed by atoms with Crippen molar-refractivity contribution in [1.82, 2.24) is 0 Å². The van der Waals surface area contributed by atoms with Gasteiger partial charge in [-0.2, -0.15) is 0 Å². The summed E-state index contributed by atoms with van der Waals surface area (Å²) in [5.41, 5.74) is 2.43. The van der Waals surface area contributed by atoms with Gasteiger partial charge in [-0.05, 0) is 129 Å². The molecule has 2 nitrogen and oxygen atoms in total. The smallest absolute Gasteiger partial charge is 0.306 e. The van der Waals surface area contributed by atoms with Crippen LogP contribution in [-0.4, -0.2) is 12.1 Å². The lowest BCUT2D eigenvalue weighted by Gasteiger charge is -2.58. The molecule has 0 saturated heterocycles. The Bertz CT molecular complexity index is 972. The Balaban J connectivity index is 1.27. The Labute approximate surface area is 267 Å². The van der Waals surface area contributed by atoms with Crippen molar-refractivity contribution >= 4 is 5.97 Å². The maximum atomic E-state index is 12.7. The molecule has 0 N–H and O–H groups in total. The van der Waals surface area contributed by atoms with Gasteiger partial charge in [0.2, 0.25) is 0 Å². The highest BCUT2D eigenvalue weighted by Gasteiger charge is 2.59. The van der Waals surface area contributed by atoms with E-state index in [4.69, 9.17) is 4.74 Å². The number of allylic oxidation sites excluding steroid dienone is 5. The molecular weight excluding hydrogens is 524 g/mol. The number of hydrogen-bond acceptors (Lipinski definition) is 2. The SMILES string of the molecule is CC/C=C\CCCCCCCC(=O)OC1CCC2(C)C(=CCC3C2CCC2(C)C(C(C)/C=C/C(CC)C(C)C)CCC32)C1. The molecule has 3 saturated carbocycles. The molecule has 0 radical (unpaired) electrons. The molecule has 4 rings (SSSR count). The third-order valence-corrected chi connectivity index (χ3v) is 13.2. The van der Waals surface area contributed by atoms with E-state index in [1.807, 2.05) is 0 Å². The quantitative estimate of drug-likeness (QED) is 0.107. The zero-order valence-corrected chi connectivity index (χ0v) is 29.3. The third kappa shape index (κ3) is 8.10. The van der Waals surface area contributed by atoms with Crippen LogP contribution in [0.4, 0.5) is 0 Å². The third-order valence-electron chi connectivity index (χ3n) is 13.2. The molecule has 43 heavy (non-hydrogen) atoms. The van der Waals surface area contributed by atoms with Crippen LogP contribution in [0.2, 0.25) is 0 Å². The highest BCUT2D eigenvalue weighted by molar-refractivity contribution is 5.69. The summed E-state index contributed by atoms with van der Waals surface area (Å²) in [5.74, 6) is 5.53. The Morgan fingerprint density at radius 1 is 0.930 bits per heavy atom. The molecular formula is C41H68O2. The van der Waals surface area contributed by atoms with Crippen molar-refractivity contribution < 1.29 is 9.53 Å². The van der Waals surface area contributed by atoms with Gasteiger partial charge in [-0.15, -0.1) is 0 Å². The van der Waals surface area contributed by atoms with E-state index >= 15 is 0 Å². The van der Waals surface area contributed by atoms with Crippen LogP contribution in [0.15, 0.2) is 36.0 Å². The first-order valence-electron chi connectivity index (χ1n) is 18.9. The molecule has 0 aromatic rings. The van der Waals surface area contributed by atoms with Crippen molar-refractivity contribution in [3.8, 4) is 0 Å². The Hall–Kier alpha value is -1.31. The van der Waals surface area contributed by atoms with Gasteiger partial charge in [0.1, 0.15) is 6.10 Å². The zero-order valence-electron chi connectivity index (χ0n) is 29.3. The number of carbonyl (C=O) groups excluding carboxylic acids is 1. The molecule has 0 aromatic carbocycles. The molecule has 9 atom stereocenters. The lowest BCUT2D eigenvalue weighted by atomic mass is 9.47. The zero-order chi connectivity index (χ0) is 31.0. The molecule has 0 spiro atoms. The fourth-order valence-electron chi connectivity index (χ4n) is 10.5. The molecule has 3 fully saturated rings. The maximum Gasteiger partial charge on any atom is 0.306 e. The second-order valence-corrected chi connectivity index (χ2v) is 16.1. The van der Waals surface area contributed by atoms with Gasteiger partial charge in [0, 0.05) is 12.8 Å². The van der Waals surface area contributed by atoms with Gasteiger partial charge >= 0.3 is 5.97 Å². The Morgan fingerprint density at radius 3 is 2.44 bits per heavy atom. The van der Waals surface area contributed by atoms with E-state index in [9.17, 15) is 4.79 Å². The lowest BCUT2D eigenvalue weighted by Crippen LogP contribution is -2.51. The van der Waals surface area contributed by atoms with Crippen LogP contribution in [0, 0.1) is 52.3 Å². The van der Waals surface area contributed by atoms with Crippen LogP contribution < -0.4 is 0 Å². The normalized spacial score (nSPS) is 35.4. The first kappa shape index (κ1) is 34.6. The summed E-state index contributed by atoms with van der Waals surface area (Å²) < 4.78 is 6.09. The predicted molar refractivity (Wildman–Crippen MR) is 184 cm³/mol. The molecule has 0 aromatic heterocycles. The van der Waals surface area contributed by atoms with Gasteiger partial charge in [-0.3, -0.25) is 4.79 Å². The van der Waals surface area contributed by atoms with E-state index in [0.29, 0.717) is 29.1 Å². The minimum atomic E-state index is 0.0426. The number of ether oxygens (including phenoxy) is 1. The van der Waals surface area contributed by atoms with Gasteiger partial charge < -0.3 is 4.74 Å². The van der Waals surface area contributed by atoms with Crippen molar-refractivity contribution in [3.05, 3.63) is 36.0 Å². The highest BCUT2D eigenvalue weighted by Crippen LogP contribution is 2.67. The molecule has 0 aliphatic heterocycles. The summed E-state index contributed by atoms with van der Waals surface area (Å²) in [6.45, 7) is 17.1. The Kier molecular flexibility index (Phi) is 12.7. The monoisotopic (exact) mass is 593 g/mol. The van der Waals surface area contributed by atoms with Crippen LogP contribution in [0.5, 0.6) is 0 Å². The average molecular weight is 593 g/mol. The van der Waals surface area contributed by atoms with Gasteiger partial charge in [-0.25, -0.2) is 0 Å². The summed E-state index contributed by atoms with van der Waals surface area (Å²) in [6.07, 6.45) is 32.7. The van der Waals surface area contributed by atoms with E-state index in [2.05, 4.69) is 78.8 Å². The molecule has 4 aliphatic carbocycles. The van der Waals surface area contributed by atoms with E-state index < -0.39 is 0 Å². The van der Waals surface area contributed by atoms with Gasteiger partial charge in [0.25, 0.3) is 0 Å². The van der Waals surface area contributed by atoms with Crippen LogP contribution in [0.1, 0.15) is 158 Å². The van der Waals surface area contributed by atoms with Crippen molar-refractivity contribution in [2.75, 3.05) is 0 Å². The van der Waals surface area contributed by atoms with Crippen LogP contribution in [0.25, 0.3) is 0 Å². The predicted octanol–water partition coefficient (Wildman–Crippen LogP) is 12.0. The fraction of sp³-hybridized carbons (Fsp3) is 0.829. The first-order valence-corrected chi connectivity index (χ1v) is 18.9. The standard InChI is InChI=1S/C41H68O2/c1-8-10-11-12-13-14-15-16-17-18-39(42)43-34-25-27-40(6)33(29-34)21-22-35-37-24-23-36(41(37,7)28-26-38(35)40)31(5)19-20-32(9-2)30(3)4/h10-11,19-21,30-32,34-38H,8-9,12-18,22-29H2,1-7H3/b11-10-,20-19+. The van der Waals surface area contributed by atoms with Crippen molar-refractivity contribution in [3.63, 3.8) is 0 Å². The van der Waals surface area contributed by atoms with E-state index in [1.165, 1.54) is 70.6 Å². The van der Waals surface area contributed by atoms with Gasteiger partial charge in [0.15, 0.2) is 0 Å². The minimum absolute atomic E-state index is 0.0426. The molecule has 0 amide bonds. The number of unbranched alkanes of at least 4 members (excludes halogenated alkanes) is 5. The Morgan fingerprint density at radius 2 is 1.70 bits per heavy atom. The van der Waals surface area contributed by atoms with Crippen molar-refractivity contribution in [2.24, 2.45) is 52.3 Å². The average Bonchev–Trinajstić information content (AvgIpc) is 3.34. The number of esters is 1. The largest absolute Gasteiger partial charge is 0.462 e. The second-order valence-electron chi connectivity index (χ2n) is 16.1. The van der Waals surface area contributed by atoms with Gasteiger partial charge in [-0.1, -0.05) is 104 Å². The van der Waals surface area contributed by atoms with Crippen molar-refractivity contribution in [1.29, 1.82) is 0 Å². The number of fused-ring (bicyclic) bond motifs is 5. The highest BCUT2D eigenvalue weighted by atomic mass is 16.5. The number of hydrogen-bond donors (Lipinski definition) is 0. The molecule has 2 heteroatoms. The van der Waals surface area contributed by atoms with Crippen molar-refractivity contribution in [2.45, 2.75) is 164 Å². The second kappa shape index (κ2) is 15.8. The number of rotatable bonds is 15. The van der Waals surface area contributed by atoms with E-state index in [1.54, 1.807) is 5.57 Å². The maximum absolute atomic E-state index is 12.7. The van der Waals surface area contributed by atoms with E-state index in [-0.39, 0.29) is 12.1 Å². The first-order chi connectivity index (χ1) is 20.6. The topological polar surface area (TPSA) is 26.3 Å². The summed E-state index contributed by atoms with van der Waals surface area (Å²) >= 11 is 0. The molecule has 9 unspecified atom stereocenters. The lowest BCUT2D eigenvalue weighted by molar-refractivity contribution is -0.151. The van der Waals surface area contributed by atoms with Gasteiger partial charge in [0.05, 0.1) is 0 Å². The molecule has 4 aliphatic rings. The summed E-state index contributed by atoms with van der Waals surface area (Å²) in [6, 6.07) is 0. The van der Waals surface area contributed by atoms with Crippen LogP contribution >= 0.6 is 0 Å². The fourth-order valence-corrected chi connectivity index (χ4v) is 10.5. The molecule has 244 valence electrons. The number of carbonyl (C=O) groups is 1. The van der Waals surface area contributed by atoms with Crippen LogP contribution in [0.3, 0.4) is 0 Å². The summed E-state index contributed by atoms with van der Waals surface area (Å²) in [5, 5.41) is 0. The summed E-state index contributed by atoms with van der Waals surface area (Å²) in [4.78, 5) is 12.7. The van der Waals surface area contributed by atoms with Crippen LogP contribution in [-0.2, 0) is 9.53 Å². The molecule has 0 heterocycles.